The zero-order chi connectivity index (χ0) is 15.5. The second-order valence-corrected chi connectivity index (χ2v) is 4.62. The lowest BCUT2D eigenvalue weighted by molar-refractivity contribution is -0.141. The summed E-state index contributed by atoms with van der Waals surface area (Å²) in [5.41, 5.74) is 6.16. The van der Waals surface area contributed by atoms with E-state index in [0.29, 0.717) is 18.7 Å². The Morgan fingerprint density at radius 1 is 1.24 bits per heavy atom. The van der Waals surface area contributed by atoms with E-state index in [1.165, 1.54) is 0 Å². The summed E-state index contributed by atoms with van der Waals surface area (Å²) in [6, 6.07) is 6.51. The first-order valence-electron chi connectivity index (χ1n) is 6.31. The maximum absolute atomic E-state index is 12.7. The third-order valence-corrected chi connectivity index (χ3v) is 3.04. The van der Waals surface area contributed by atoms with Crippen molar-refractivity contribution in [3.05, 3.63) is 48.0 Å². The molecule has 112 valence electrons. The van der Waals surface area contributed by atoms with E-state index in [2.05, 4.69) is 9.97 Å². The quantitative estimate of drug-likeness (QED) is 0.942. The van der Waals surface area contributed by atoms with Crippen LogP contribution in [-0.4, -0.2) is 23.6 Å². The van der Waals surface area contributed by atoms with Crippen molar-refractivity contribution in [2.75, 3.05) is 24.2 Å². The van der Waals surface area contributed by atoms with Crippen molar-refractivity contribution >= 4 is 11.4 Å². The maximum Gasteiger partial charge on any atom is 0.433 e. The first kappa shape index (κ1) is 15.1. The molecule has 0 unspecified atom stereocenters. The molecule has 2 heterocycles. The maximum atomic E-state index is 12.7. The van der Waals surface area contributed by atoms with Crippen LogP contribution >= 0.6 is 0 Å². The first-order chi connectivity index (χ1) is 9.88. The largest absolute Gasteiger partial charge is 0.433 e. The van der Waals surface area contributed by atoms with Gasteiger partial charge < -0.3 is 10.6 Å². The fourth-order valence-electron chi connectivity index (χ4n) is 1.89. The molecule has 0 saturated carbocycles. The summed E-state index contributed by atoms with van der Waals surface area (Å²) in [7, 11) is 1.69. The molecule has 0 aliphatic heterocycles. The number of anilines is 2. The lowest BCUT2D eigenvalue weighted by Gasteiger charge is -2.21. The molecule has 0 bridgehead atoms. The molecular weight excluding hydrogens is 281 g/mol. The minimum Gasteiger partial charge on any atom is -0.396 e. The summed E-state index contributed by atoms with van der Waals surface area (Å²) >= 11 is 0. The van der Waals surface area contributed by atoms with E-state index in [4.69, 9.17) is 5.73 Å². The van der Waals surface area contributed by atoms with Crippen LogP contribution in [0, 0.1) is 0 Å². The Hall–Kier alpha value is -2.31. The Balaban J connectivity index is 2.13. The van der Waals surface area contributed by atoms with E-state index < -0.39 is 11.9 Å². The number of hydrogen-bond acceptors (Lipinski definition) is 4. The van der Waals surface area contributed by atoms with Gasteiger partial charge in [-0.2, -0.15) is 13.2 Å². The van der Waals surface area contributed by atoms with E-state index in [9.17, 15) is 13.2 Å². The molecule has 0 fully saturated rings. The van der Waals surface area contributed by atoms with Gasteiger partial charge in [-0.3, -0.25) is 4.98 Å². The van der Waals surface area contributed by atoms with Crippen LogP contribution in [0.5, 0.6) is 0 Å². The van der Waals surface area contributed by atoms with Crippen LogP contribution in [-0.2, 0) is 12.6 Å². The van der Waals surface area contributed by atoms with E-state index in [-0.39, 0.29) is 5.69 Å². The summed E-state index contributed by atoms with van der Waals surface area (Å²) in [4.78, 5) is 9.16. The SMILES string of the molecule is CN(CCc1ccccn1)c1cc(C(F)(F)F)ncc1N. The molecule has 0 aliphatic rings. The lowest BCUT2D eigenvalue weighted by Crippen LogP contribution is -2.23. The fourth-order valence-corrected chi connectivity index (χ4v) is 1.89. The van der Waals surface area contributed by atoms with E-state index >= 15 is 0 Å². The highest BCUT2D eigenvalue weighted by Crippen LogP contribution is 2.32. The number of nitrogens with zero attached hydrogens (tertiary/aromatic N) is 3. The number of hydrogen-bond donors (Lipinski definition) is 1. The molecule has 0 saturated heterocycles. The third-order valence-electron chi connectivity index (χ3n) is 3.04. The van der Waals surface area contributed by atoms with Gasteiger partial charge in [0.05, 0.1) is 17.6 Å². The van der Waals surface area contributed by atoms with E-state index in [1.807, 2.05) is 18.2 Å². The molecule has 2 aromatic heterocycles. The average molecular weight is 296 g/mol. The number of halogens is 3. The van der Waals surface area contributed by atoms with E-state index in [0.717, 1.165) is 18.0 Å². The van der Waals surface area contributed by atoms with Gasteiger partial charge >= 0.3 is 6.18 Å². The number of nitrogens with two attached hydrogens (primary N) is 1. The molecule has 2 aromatic rings. The fraction of sp³-hybridized carbons (Fsp3) is 0.286. The molecule has 0 radical (unpaired) electrons. The molecule has 0 aromatic carbocycles. The molecule has 21 heavy (non-hydrogen) atoms. The minimum absolute atomic E-state index is 0.214. The van der Waals surface area contributed by atoms with Gasteiger partial charge in [0.15, 0.2) is 0 Å². The van der Waals surface area contributed by atoms with Gasteiger partial charge in [-0.15, -0.1) is 0 Å². The van der Waals surface area contributed by atoms with Gasteiger partial charge in [0.25, 0.3) is 0 Å². The molecule has 0 aliphatic carbocycles. The normalized spacial score (nSPS) is 11.4. The van der Waals surface area contributed by atoms with Crippen LogP contribution in [0.25, 0.3) is 0 Å². The number of pyridine rings is 2. The Bertz CT molecular complexity index is 599. The zero-order valence-electron chi connectivity index (χ0n) is 11.4. The number of rotatable bonds is 4. The number of nitrogen functional groups attached to an aromatic ring is 1. The zero-order valence-corrected chi connectivity index (χ0v) is 11.4. The smallest absolute Gasteiger partial charge is 0.396 e. The summed E-state index contributed by atoms with van der Waals surface area (Å²) in [5, 5.41) is 0. The highest BCUT2D eigenvalue weighted by atomic mass is 19.4. The van der Waals surface area contributed by atoms with Crippen LogP contribution in [0.15, 0.2) is 36.7 Å². The summed E-state index contributed by atoms with van der Waals surface area (Å²) in [6.07, 6.45) is -1.15. The van der Waals surface area contributed by atoms with Crippen molar-refractivity contribution in [3.8, 4) is 0 Å². The summed E-state index contributed by atoms with van der Waals surface area (Å²) < 4.78 is 38.0. The second-order valence-electron chi connectivity index (χ2n) is 4.62. The van der Waals surface area contributed by atoms with Crippen molar-refractivity contribution < 1.29 is 13.2 Å². The van der Waals surface area contributed by atoms with Gasteiger partial charge in [-0.1, -0.05) is 6.07 Å². The first-order valence-corrected chi connectivity index (χ1v) is 6.31. The van der Waals surface area contributed by atoms with Crippen molar-refractivity contribution in [2.24, 2.45) is 0 Å². The van der Waals surface area contributed by atoms with Gasteiger partial charge in [-0.25, -0.2) is 4.98 Å². The highest BCUT2D eigenvalue weighted by Gasteiger charge is 2.33. The van der Waals surface area contributed by atoms with E-state index in [1.54, 1.807) is 18.1 Å². The number of likely N-dealkylation sites (N-methyl/N-ethyl adjacent to an activating group) is 1. The van der Waals surface area contributed by atoms with Crippen LogP contribution in [0.1, 0.15) is 11.4 Å². The monoisotopic (exact) mass is 296 g/mol. The van der Waals surface area contributed by atoms with Gasteiger partial charge in [-0.05, 0) is 18.2 Å². The predicted octanol–water partition coefficient (Wildman–Crippen LogP) is 2.76. The van der Waals surface area contributed by atoms with Gasteiger partial charge in [0.2, 0.25) is 0 Å². The molecule has 2 N–H and O–H groups in total. The lowest BCUT2D eigenvalue weighted by atomic mass is 10.2. The highest BCUT2D eigenvalue weighted by molar-refractivity contribution is 5.66. The number of aromatic nitrogens is 2. The van der Waals surface area contributed by atoms with Crippen molar-refractivity contribution in [3.63, 3.8) is 0 Å². The Morgan fingerprint density at radius 3 is 2.62 bits per heavy atom. The van der Waals surface area contributed by atoms with Crippen molar-refractivity contribution in [1.82, 2.24) is 9.97 Å². The van der Waals surface area contributed by atoms with Gasteiger partial charge in [0.1, 0.15) is 5.69 Å². The third kappa shape index (κ3) is 3.84. The van der Waals surface area contributed by atoms with Crippen molar-refractivity contribution in [2.45, 2.75) is 12.6 Å². The van der Waals surface area contributed by atoms with Crippen LogP contribution in [0.4, 0.5) is 24.5 Å². The molecule has 0 spiro atoms. The molecular formula is C14H15F3N4. The predicted molar refractivity (Wildman–Crippen MR) is 74.9 cm³/mol. The van der Waals surface area contributed by atoms with Crippen LogP contribution in [0.3, 0.4) is 0 Å². The molecule has 0 atom stereocenters. The molecule has 7 heteroatoms. The topological polar surface area (TPSA) is 55.0 Å². The van der Waals surface area contributed by atoms with Gasteiger partial charge in [0, 0.05) is 31.9 Å². The molecule has 2 rings (SSSR count). The number of alkyl halides is 3. The minimum atomic E-state index is -4.48. The Kier molecular flexibility index (Phi) is 4.30. The van der Waals surface area contributed by atoms with Crippen LogP contribution in [0.2, 0.25) is 0 Å². The van der Waals surface area contributed by atoms with Crippen molar-refractivity contribution in [1.29, 1.82) is 0 Å². The summed E-state index contributed by atoms with van der Waals surface area (Å²) in [5.74, 6) is 0. The summed E-state index contributed by atoms with van der Waals surface area (Å²) in [6.45, 7) is 0.503. The Labute approximate surface area is 120 Å². The average Bonchev–Trinajstić information content (AvgIpc) is 2.45. The second kappa shape index (κ2) is 5.99. The Morgan fingerprint density at radius 2 is 2.00 bits per heavy atom. The molecule has 0 amide bonds. The molecule has 4 nitrogen and oxygen atoms in total. The van der Waals surface area contributed by atoms with Crippen LogP contribution < -0.4 is 10.6 Å². The standard InChI is InChI=1S/C14H15F3N4/c1-21(7-5-10-4-2-3-6-19-10)12-8-13(14(15,16)17)20-9-11(12)18/h2-4,6,8-9H,5,7,18H2,1H3.